The van der Waals surface area contributed by atoms with Crippen molar-refractivity contribution < 1.29 is 33.8 Å². The molecule has 0 spiro atoms. The molecule has 5 aromatic rings. The first kappa shape index (κ1) is 37.6. The van der Waals surface area contributed by atoms with Crippen molar-refractivity contribution in [3.05, 3.63) is 161 Å². The van der Waals surface area contributed by atoms with E-state index in [9.17, 15) is 19.5 Å². The van der Waals surface area contributed by atoms with Gasteiger partial charge in [-0.05, 0) is 97.0 Å². The van der Waals surface area contributed by atoms with Crippen molar-refractivity contribution in [2.75, 3.05) is 24.5 Å². The average molecular weight is 786 g/mol. The number of phenolic OH excluding ortho intramolecular Hbond substituents is 1. The Kier molecular flexibility index (Phi) is 9.42. The number of rotatable bonds is 9. The van der Waals surface area contributed by atoms with Crippen LogP contribution in [0.1, 0.15) is 46.6 Å². The largest absolute Gasteiger partial charge is 0.508 e. The molecule has 59 heavy (non-hydrogen) atoms. The van der Waals surface area contributed by atoms with Gasteiger partial charge in [-0.25, -0.2) is 0 Å². The Morgan fingerprint density at radius 2 is 1.53 bits per heavy atom. The van der Waals surface area contributed by atoms with Gasteiger partial charge in [0.1, 0.15) is 17.2 Å². The number of methoxy groups -OCH3 is 2. The molecule has 5 aromatic carbocycles. The Hall–Kier alpha value is -6.94. The van der Waals surface area contributed by atoms with Gasteiger partial charge in [0.15, 0.2) is 0 Å². The molecule has 0 bridgehead atoms. The second-order valence-corrected chi connectivity index (χ2v) is 15.7. The molecule has 6 unspecified atom stereocenters. The summed E-state index contributed by atoms with van der Waals surface area (Å²) in [6.45, 7) is 1.96. The van der Waals surface area contributed by atoms with Crippen LogP contribution in [-0.2, 0) is 24.6 Å². The predicted molar refractivity (Wildman–Crippen MR) is 224 cm³/mol. The predicted octanol–water partition coefficient (Wildman–Crippen LogP) is 8.08. The number of nitrogens with one attached hydrogen (secondary N) is 1. The van der Waals surface area contributed by atoms with Crippen LogP contribution < -0.4 is 19.8 Å². The zero-order chi connectivity index (χ0) is 41.0. The Morgan fingerprint density at radius 3 is 2.24 bits per heavy atom. The normalized spacial score (nSPS) is 24.8. The molecule has 1 saturated carbocycles. The SMILES string of the molecule is COc1ccc(OC)c(C=Cc2ccc(N3C(=O)C4CC=C5C(CC6C(=O)N(Nc7ccc(C)cc7)C(=O)C6(c6ccccc6)C5c5cccc(O)c5)C4C3=O)cc2)c1. The van der Waals surface area contributed by atoms with E-state index in [2.05, 4.69) is 5.43 Å². The number of benzene rings is 5. The molecular formula is C49H43N3O7. The topological polar surface area (TPSA) is 125 Å². The molecule has 2 aliphatic heterocycles. The second kappa shape index (κ2) is 14.8. The van der Waals surface area contributed by atoms with Gasteiger partial charge in [0, 0.05) is 11.5 Å². The molecule has 2 heterocycles. The summed E-state index contributed by atoms with van der Waals surface area (Å²) in [6.07, 6.45) is 6.32. The van der Waals surface area contributed by atoms with Crippen LogP contribution in [0.5, 0.6) is 17.2 Å². The zero-order valence-electron chi connectivity index (χ0n) is 32.9. The number of nitrogens with zero attached hydrogens (tertiary/aromatic N) is 2. The van der Waals surface area contributed by atoms with Crippen LogP contribution in [0.4, 0.5) is 11.4 Å². The zero-order valence-corrected chi connectivity index (χ0v) is 32.9. The maximum absolute atomic E-state index is 15.3. The quantitative estimate of drug-likeness (QED) is 0.0874. The number of anilines is 2. The third-order valence-electron chi connectivity index (χ3n) is 12.6. The molecule has 0 aromatic heterocycles. The molecule has 6 atom stereocenters. The molecule has 10 nitrogen and oxygen atoms in total. The van der Waals surface area contributed by atoms with Gasteiger partial charge in [-0.1, -0.05) is 96.1 Å². The molecule has 2 N–H and O–H groups in total. The van der Waals surface area contributed by atoms with Crippen molar-refractivity contribution in [3.63, 3.8) is 0 Å². The van der Waals surface area contributed by atoms with E-state index in [1.165, 1.54) is 4.90 Å². The summed E-state index contributed by atoms with van der Waals surface area (Å²) in [5.41, 5.74) is 7.61. The highest BCUT2D eigenvalue weighted by Gasteiger charge is 2.70. The molecule has 2 saturated heterocycles. The van der Waals surface area contributed by atoms with Crippen molar-refractivity contribution in [2.24, 2.45) is 23.7 Å². The average Bonchev–Trinajstić information content (AvgIpc) is 3.64. The lowest BCUT2D eigenvalue weighted by Crippen LogP contribution is -2.53. The number of ether oxygens (including phenoxy) is 2. The van der Waals surface area contributed by atoms with E-state index < -0.39 is 46.8 Å². The van der Waals surface area contributed by atoms with E-state index in [0.29, 0.717) is 40.4 Å². The van der Waals surface area contributed by atoms with E-state index in [0.717, 1.165) is 27.3 Å². The number of hydrogen-bond acceptors (Lipinski definition) is 8. The lowest BCUT2D eigenvalue weighted by Gasteiger charge is -2.50. The van der Waals surface area contributed by atoms with Gasteiger partial charge in [-0.15, -0.1) is 0 Å². The van der Waals surface area contributed by atoms with Gasteiger partial charge in [0.25, 0.3) is 11.8 Å². The lowest BCUT2D eigenvalue weighted by atomic mass is 9.49. The number of phenols is 1. The minimum atomic E-state index is -1.41. The van der Waals surface area contributed by atoms with Crippen LogP contribution in [0.3, 0.4) is 0 Å². The number of hydrogen-bond donors (Lipinski definition) is 2. The van der Waals surface area contributed by atoms with Gasteiger partial charge in [0.2, 0.25) is 11.8 Å². The number of carbonyl (C=O) groups excluding carboxylic acids is 4. The first-order chi connectivity index (χ1) is 28.6. The summed E-state index contributed by atoms with van der Waals surface area (Å²) in [5, 5.41) is 12.0. The van der Waals surface area contributed by atoms with Crippen molar-refractivity contribution >= 4 is 47.2 Å². The van der Waals surface area contributed by atoms with Crippen LogP contribution in [0.25, 0.3) is 12.2 Å². The fraction of sp³-hybridized carbons (Fsp3) is 0.224. The fourth-order valence-electron chi connectivity index (χ4n) is 9.97. The van der Waals surface area contributed by atoms with E-state index in [1.807, 2.05) is 116 Å². The van der Waals surface area contributed by atoms with Crippen LogP contribution in [-0.4, -0.2) is 48.0 Å². The molecule has 4 aliphatic rings. The minimum Gasteiger partial charge on any atom is -0.508 e. The third kappa shape index (κ3) is 6.09. The first-order valence-corrected chi connectivity index (χ1v) is 19.8. The Morgan fingerprint density at radius 1 is 0.763 bits per heavy atom. The summed E-state index contributed by atoms with van der Waals surface area (Å²) in [6, 6.07) is 36.4. The Bertz CT molecular complexity index is 2550. The maximum Gasteiger partial charge on any atom is 0.260 e. The molecule has 2 aliphatic carbocycles. The number of imide groups is 2. The van der Waals surface area contributed by atoms with Gasteiger partial charge in [0.05, 0.1) is 48.8 Å². The lowest BCUT2D eigenvalue weighted by molar-refractivity contribution is -0.138. The second-order valence-electron chi connectivity index (χ2n) is 15.7. The van der Waals surface area contributed by atoms with Crippen molar-refractivity contribution in [3.8, 4) is 17.2 Å². The van der Waals surface area contributed by atoms with Gasteiger partial charge < -0.3 is 14.6 Å². The molecular weight excluding hydrogens is 743 g/mol. The number of aromatic hydroxyl groups is 1. The standard InChI is InChI=1S/C49H43N3O7/c1-29-12-18-34(19-13-29)50-52-46(55)41-28-40-38(44(32-8-7-11-36(53)26-32)49(41,48(52)57)33-9-5-4-6-10-33)23-24-39-43(40)47(56)51(45(39)54)35-20-15-30(16-21-35)14-17-31-27-37(58-2)22-25-42(31)59-3/h4-23,25-27,39-41,43-44,50,53H,24,28H2,1-3H3. The van der Waals surface area contributed by atoms with Gasteiger partial charge >= 0.3 is 0 Å². The third-order valence-corrected chi connectivity index (χ3v) is 12.6. The molecule has 0 radical (unpaired) electrons. The van der Waals surface area contributed by atoms with Gasteiger partial charge in [-0.3, -0.25) is 29.5 Å². The molecule has 3 fully saturated rings. The highest BCUT2D eigenvalue weighted by atomic mass is 16.5. The van der Waals surface area contributed by atoms with E-state index in [-0.39, 0.29) is 24.0 Å². The summed E-state index contributed by atoms with van der Waals surface area (Å²) in [4.78, 5) is 60.6. The summed E-state index contributed by atoms with van der Waals surface area (Å²) < 4.78 is 10.9. The summed E-state index contributed by atoms with van der Waals surface area (Å²) in [5.74, 6) is -3.57. The highest BCUT2D eigenvalue weighted by molar-refractivity contribution is 6.22. The number of aryl methyl sites for hydroxylation is 1. The highest BCUT2D eigenvalue weighted by Crippen LogP contribution is 2.64. The van der Waals surface area contributed by atoms with E-state index in [4.69, 9.17) is 9.47 Å². The Labute approximate surface area is 342 Å². The molecule has 9 rings (SSSR count). The Balaban J connectivity index is 1.09. The summed E-state index contributed by atoms with van der Waals surface area (Å²) >= 11 is 0. The minimum absolute atomic E-state index is 0.0179. The number of allylic oxidation sites excluding steroid dienone is 2. The number of amides is 4. The van der Waals surface area contributed by atoms with Crippen LogP contribution in [0.2, 0.25) is 0 Å². The van der Waals surface area contributed by atoms with Crippen molar-refractivity contribution in [1.29, 1.82) is 0 Å². The molecule has 296 valence electrons. The van der Waals surface area contributed by atoms with Crippen molar-refractivity contribution in [2.45, 2.75) is 31.1 Å². The smallest absolute Gasteiger partial charge is 0.260 e. The maximum atomic E-state index is 15.3. The van der Waals surface area contributed by atoms with Gasteiger partial charge in [-0.2, -0.15) is 5.01 Å². The number of hydrazine groups is 1. The number of fused-ring (bicyclic) bond motifs is 4. The van der Waals surface area contributed by atoms with Crippen LogP contribution in [0.15, 0.2) is 133 Å². The van der Waals surface area contributed by atoms with Crippen LogP contribution >= 0.6 is 0 Å². The monoisotopic (exact) mass is 785 g/mol. The molecule has 10 heteroatoms. The summed E-state index contributed by atoms with van der Waals surface area (Å²) in [7, 11) is 3.22. The number of carbonyl (C=O) groups is 4. The van der Waals surface area contributed by atoms with E-state index in [1.54, 1.807) is 44.6 Å². The fourth-order valence-corrected chi connectivity index (χ4v) is 9.97. The molecule has 4 amide bonds. The van der Waals surface area contributed by atoms with Crippen molar-refractivity contribution in [1.82, 2.24) is 5.01 Å². The van der Waals surface area contributed by atoms with Crippen LogP contribution in [0, 0.1) is 30.6 Å². The first-order valence-electron chi connectivity index (χ1n) is 19.8. The van der Waals surface area contributed by atoms with E-state index >= 15 is 4.79 Å².